The Morgan fingerprint density at radius 1 is 1.27 bits per heavy atom. The van der Waals surface area contributed by atoms with E-state index < -0.39 is 5.82 Å². The number of nitrogen functional groups attached to an aromatic ring is 1. The SMILES string of the molecule is N#Cc1ccc(CN(Cc2nnc(N)o2)C(=O)CSc2cccc(Cl)c2Cl)c(F)c1. The number of amides is 1. The van der Waals surface area contributed by atoms with E-state index in [2.05, 4.69) is 10.2 Å². The maximum atomic E-state index is 14.4. The molecule has 1 heterocycles. The molecule has 2 aromatic carbocycles. The van der Waals surface area contributed by atoms with Gasteiger partial charge < -0.3 is 15.1 Å². The van der Waals surface area contributed by atoms with Crippen molar-refractivity contribution in [1.82, 2.24) is 15.1 Å². The second-order valence-corrected chi connectivity index (χ2v) is 7.84. The van der Waals surface area contributed by atoms with Crippen molar-refractivity contribution in [2.45, 2.75) is 18.0 Å². The molecule has 0 unspecified atom stereocenters. The van der Waals surface area contributed by atoms with Crippen LogP contribution in [-0.2, 0) is 17.9 Å². The molecule has 0 aliphatic heterocycles. The summed E-state index contributed by atoms with van der Waals surface area (Å²) in [6.45, 7) is -0.130. The number of thioether (sulfide) groups is 1. The van der Waals surface area contributed by atoms with Crippen molar-refractivity contribution in [3.8, 4) is 6.07 Å². The minimum absolute atomic E-state index is 0.0155. The van der Waals surface area contributed by atoms with Crippen LogP contribution in [0.5, 0.6) is 0 Å². The van der Waals surface area contributed by atoms with E-state index >= 15 is 0 Å². The average Bonchev–Trinajstić information content (AvgIpc) is 3.14. The van der Waals surface area contributed by atoms with Gasteiger partial charge in [-0.1, -0.05) is 40.4 Å². The van der Waals surface area contributed by atoms with Gasteiger partial charge in [0.2, 0.25) is 11.8 Å². The van der Waals surface area contributed by atoms with E-state index in [1.165, 1.54) is 28.8 Å². The Morgan fingerprint density at radius 3 is 2.73 bits per heavy atom. The van der Waals surface area contributed by atoms with Gasteiger partial charge in [-0.15, -0.1) is 16.9 Å². The first kappa shape index (κ1) is 21.9. The van der Waals surface area contributed by atoms with Crippen LogP contribution in [0.4, 0.5) is 10.4 Å². The Hall–Kier alpha value is -2.80. The molecule has 0 bridgehead atoms. The highest BCUT2D eigenvalue weighted by molar-refractivity contribution is 8.00. The van der Waals surface area contributed by atoms with Crippen molar-refractivity contribution in [1.29, 1.82) is 5.26 Å². The van der Waals surface area contributed by atoms with Crippen LogP contribution in [0, 0.1) is 17.1 Å². The van der Waals surface area contributed by atoms with Crippen LogP contribution in [0.1, 0.15) is 17.0 Å². The standard InChI is InChI=1S/C19H14Cl2FN5O2S/c20-13-2-1-3-15(18(13)21)30-10-17(28)27(9-16-25-26-19(24)29-16)8-12-5-4-11(7-23)6-14(12)22/h1-6H,8-10H2,(H2,24,26). The lowest BCUT2D eigenvalue weighted by molar-refractivity contribution is -0.129. The fraction of sp³-hybridized carbons (Fsp3) is 0.158. The molecule has 0 fully saturated rings. The normalized spacial score (nSPS) is 10.6. The number of nitrogens with two attached hydrogens (primary N) is 1. The lowest BCUT2D eigenvalue weighted by Gasteiger charge is -2.21. The van der Waals surface area contributed by atoms with Gasteiger partial charge in [0.15, 0.2) is 0 Å². The van der Waals surface area contributed by atoms with E-state index in [-0.39, 0.29) is 47.8 Å². The van der Waals surface area contributed by atoms with Crippen LogP contribution >= 0.6 is 35.0 Å². The van der Waals surface area contributed by atoms with Gasteiger partial charge in [-0.05, 0) is 24.3 Å². The number of rotatable bonds is 7. The van der Waals surface area contributed by atoms with Crippen molar-refractivity contribution in [2.75, 3.05) is 11.5 Å². The Morgan fingerprint density at radius 2 is 2.07 bits per heavy atom. The average molecular weight is 466 g/mol. The molecule has 11 heteroatoms. The lowest BCUT2D eigenvalue weighted by Crippen LogP contribution is -2.32. The van der Waals surface area contributed by atoms with Crippen molar-refractivity contribution >= 4 is 46.9 Å². The lowest BCUT2D eigenvalue weighted by atomic mass is 10.1. The molecule has 0 spiro atoms. The van der Waals surface area contributed by atoms with Crippen LogP contribution in [0.2, 0.25) is 10.0 Å². The first-order chi connectivity index (χ1) is 14.4. The molecule has 154 valence electrons. The van der Waals surface area contributed by atoms with Gasteiger partial charge in [0.05, 0.1) is 34.0 Å². The van der Waals surface area contributed by atoms with Crippen molar-refractivity contribution in [3.05, 3.63) is 69.3 Å². The van der Waals surface area contributed by atoms with E-state index in [4.69, 9.17) is 38.6 Å². The topological polar surface area (TPSA) is 109 Å². The minimum Gasteiger partial charge on any atom is -0.406 e. The maximum absolute atomic E-state index is 14.4. The molecule has 0 aliphatic rings. The Kier molecular flexibility index (Phi) is 7.15. The van der Waals surface area contributed by atoms with Gasteiger partial charge in [-0.25, -0.2) is 4.39 Å². The summed E-state index contributed by atoms with van der Waals surface area (Å²) in [6, 6.07) is 10.9. The number of nitriles is 1. The molecule has 30 heavy (non-hydrogen) atoms. The largest absolute Gasteiger partial charge is 0.406 e. The van der Waals surface area contributed by atoms with E-state index in [1.807, 2.05) is 6.07 Å². The Balaban J connectivity index is 1.78. The number of aromatic nitrogens is 2. The molecule has 0 aliphatic carbocycles. The first-order valence-corrected chi connectivity index (χ1v) is 10.2. The summed E-state index contributed by atoms with van der Waals surface area (Å²) >= 11 is 13.4. The molecule has 1 amide bonds. The quantitative estimate of drug-likeness (QED) is 0.518. The molecule has 7 nitrogen and oxygen atoms in total. The third-order valence-corrected chi connectivity index (χ3v) is 5.95. The van der Waals surface area contributed by atoms with Crippen LogP contribution in [0.3, 0.4) is 0 Å². The molecule has 2 N–H and O–H groups in total. The zero-order chi connectivity index (χ0) is 21.7. The van der Waals surface area contributed by atoms with Crippen molar-refractivity contribution in [2.24, 2.45) is 0 Å². The van der Waals surface area contributed by atoms with Gasteiger partial charge in [0.25, 0.3) is 0 Å². The van der Waals surface area contributed by atoms with Crippen molar-refractivity contribution < 1.29 is 13.6 Å². The summed E-state index contributed by atoms with van der Waals surface area (Å²) < 4.78 is 19.5. The predicted molar refractivity (Wildman–Crippen MR) is 111 cm³/mol. The summed E-state index contributed by atoms with van der Waals surface area (Å²) in [4.78, 5) is 14.9. The summed E-state index contributed by atoms with van der Waals surface area (Å²) in [5, 5.41) is 17.0. The number of hydrogen-bond acceptors (Lipinski definition) is 7. The molecule has 0 atom stereocenters. The first-order valence-electron chi connectivity index (χ1n) is 8.48. The number of hydrogen-bond donors (Lipinski definition) is 1. The highest BCUT2D eigenvalue weighted by atomic mass is 35.5. The Labute approximate surface area is 185 Å². The number of benzene rings is 2. The summed E-state index contributed by atoms with van der Waals surface area (Å²) in [5.74, 6) is -0.790. The van der Waals surface area contributed by atoms with Gasteiger partial charge in [-0.2, -0.15) is 5.26 Å². The van der Waals surface area contributed by atoms with Crippen LogP contribution in [0.25, 0.3) is 0 Å². The maximum Gasteiger partial charge on any atom is 0.312 e. The van der Waals surface area contributed by atoms with Gasteiger partial charge >= 0.3 is 6.01 Å². The van der Waals surface area contributed by atoms with E-state index in [0.717, 1.165) is 6.07 Å². The molecular weight excluding hydrogens is 452 g/mol. The second kappa shape index (κ2) is 9.80. The predicted octanol–water partition coefficient (Wildman–Crippen LogP) is 4.29. The zero-order valence-corrected chi connectivity index (χ0v) is 17.6. The van der Waals surface area contributed by atoms with Gasteiger partial charge in [0, 0.05) is 17.0 Å². The molecule has 0 radical (unpaired) electrons. The van der Waals surface area contributed by atoms with E-state index in [0.29, 0.717) is 14.9 Å². The number of carbonyl (C=O) groups is 1. The van der Waals surface area contributed by atoms with Crippen LogP contribution in [0.15, 0.2) is 45.7 Å². The summed E-state index contributed by atoms with van der Waals surface area (Å²) in [7, 11) is 0. The highest BCUT2D eigenvalue weighted by Gasteiger charge is 2.20. The number of carbonyl (C=O) groups excluding carboxylic acids is 1. The fourth-order valence-corrected chi connectivity index (χ4v) is 3.90. The van der Waals surface area contributed by atoms with Gasteiger partial charge in [-0.3, -0.25) is 4.79 Å². The van der Waals surface area contributed by atoms with Crippen molar-refractivity contribution in [3.63, 3.8) is 0 Å². The molecular formula is C19H14Cl2FN5O2S. The number of anilines is 1. The number of nitrogens with zero attached hydrogens (tertiary/aromatic N) is 4. The summed E-state index contributed by atoms with van der Waals surface area (Å²) in [5.41, 5.74) is 5.86. The van der Waals surface area contributed by atoms with Crippen LogP contribution in [-0.4, -0.2) is 26.8 Å². The monoisotopic (exact) mass is 465 g/mol. The molecule has 3 aromatic rings. The highest BCUT2D eigenvalue weighted by Crippen LogP contribution is 2.33. The van der Waals surface area contributed by atoms with E-state index in [1.54, 1.807) is 18.2 Å². The van der Waals surface area contributed by atoms with Crippen LogP contribution < -0.4 is 5.73 Å². The second-order valence-electron chi connectivity index (χ2n) is 6.04. The third kappa shape index (κ3) is 5.42. The Bertz CT molecular complexity index is 1120. The van der Waals surface area contributed by atoms with E-state index in [9.17, 15) is 9.18 Å². The molecule has 3 rings (SSSR count). The number of halogens is 3. The summed E-state index contributed by atoms with van der Waals surface area (Å²) in [6.07, 6.45) is 0. The fourth-order valence-electron chi connectivity index (χ4n) is 2.50. The molecule has 1 aromatic heterocycles. The minimum atomic E-state index is -0.595. The smallest absolute Gasteiger partial charge is 0.312 e. The van der Waals surface area contributed by atoms with Gasteiger partial charge in [0.1, 0.15) is 5.82 Å². The third-order valence-electron chi connectivity index (χ3n) is 3.97. The molecule has 0 saturated carbocycles. The molecule has 0 saturated heterocycles. The zero-order valence-electron chi connectivity index (χ0n) is 15.3.